The van der Waals surface area contributed by atoms with Crippen LogP contribution in [0.5, 0.6) is 0 Å². The molecular weight excluding hydrogens is 306 g/mol. The highest BCUT2D eigenvalue weighted by Gasteiger charge is 2.17. The number of nitrogens with one attached hydrogen (secondary N) is 1. The molecule has 0 spiro atoms. The van der Waals surface area contributed by atoms with Crippen molar-refractivity contribution in [2.45, 2.75) is 6.54 Å². The first-order valence-electron chi connectivity index (χ1n) is 5.59. The largest absolute Gasteiger partial charge is 0.375 e. The van der Waals surface area contributed by atoms with Gasteiger partial charge in [-0.15, -0.1) is 0 Å². The molecule has 2 rings (SSSR count). The van der Waals surface area contributed by atoms with Gasteiger partial charge < -0.3 is 5.32 Å². The summed E-state index contributed by atoms with van der Waals surface area (Å²) < 4.78 is 13.4. The summed E-state index contributed by atoms with van der Waals surface area (Å²) >= 11 is 11.3. The molecule has 0 unspecified atom stereocenters. The lowest BCUT2D eigenvalue weighted by molar-refractivity contribution is -0.384. The second-order valence-electron chi connectivity index (χ2n) is 4.02. The molecule has 1 N–H and O–H groups in total. The zero-order chi connectivity index (χ0) is 14.7. The maximum absolute atomic E-state index is 13.4. The molecule has 0 saturated heterocycles. The van der Waals surface area contributed by atoms with Crippen molar-refractivity contribution in [2.24, 2.45) is 0 Å². The molecule has 0 radical (unpaired) electrons. The average Bonchev–Trinajstić information content (AvgIpc) is 2.41. The molecule has 0 saturated carbocycles. The molecule has 104 valence electrons. The van der Waals surface area contributed by atoms with Crippen LogP contribution in [0.25, 0.3) is 0 Å². The smallest absolute Gasteiger partial charge is 0.294 e. The van der Waals surface area contributed by atoms with E-state index in [1.165, 1.54) is 0 Å². The molecule has 2 aromatic rings. The van der Waals surface area contributed by atoms with Crippen LogP contribution in [-0.4, -0.2) is 4.92 Å². The summed E-state index contributed by atoms with van der Waals surface area (Å²) in [5.74, 6) is -0.712. The third-order valence-corrected chi connectivity index (χ3v) is 3.17. The first-order valence-corrected chi connectivity index (χ1v) is 6.34. The van der Waals surface area contributed by atoms with Crippen molar-refractivity contribution in [1.82, 2.24) is 0 Å². The molecule has 0 aromatic heterocycles. The van der Waals surface area contributed by atoms with E-state index >= 15 is 0 Å². The number of halogens is 3. The van der Waals surface area contributed by atoms with Crippen molar-refractivity contribution < 1.29 is 9.31 Å². The fourth-order valence-electron chi connectivity index (χ4n) is 1.63. The Balaban J connectivity index is 2.22. The van der Waals surface area contributed by atoms with Gasteiger partial charge in [0, 0.05) is 23.7 Å². The van der Waals surface area contributed by atoms with Crippen LogP contribution in [-0.2, 0) is 6.54 Å². The summed E-state index contributed by atoms with van der Waals surface area (Å²) in [5, 5.41) is 14.0. The minimum atomic E-state index is -0.712. The van der Waals surface area contributed by atoms with Gasteiger partial charge in [0.1, 0.15) is 11.5 Å². The van der Waals surface area contributed by atoms with Crippen LogP contribution in [0.1, 0.15) is 5.56 Å². The Labute approximate surface area is 124 Å². The van der Waals surface area contributed by atoms with Gasteiger partial charge in [0.25, 0.3) is 5.69 Å². The van der Waals surface area contributed by atoms with Gasteiger partial charge in [-0.2, -0.15) is 0 Å². The Morgan fingerprint density at radius 1 is 1.20 bits per heavy atom. The van der Waals surface area contributed by atoms with E-state index < -0.39 is 10.7 Å². The summed E-state index contributed by atoms with van der Waals surface area (Å²) in [5.41, 5.74) is 0.663. The number of hydrogen-bond donors (Lipinski definition) is 1. The van der Waals surface area contributed by atoms with Crippen LogP contribution in [0.2, 0.25) is 10.0 Å². The van der Waals surface area contributed by atoms with E-state index in [9.17, 15) is 14.5 Å². The van der Waals surface area contributed by atoms with Crippen molar-refractivity contribution in [2.75, 3.05) is 5.32 Å². The van der Waals surface area contributed by atoms with Crippen LogP contribution in [0, 0.1) is 15.9 Å². The van der Waals surface area contributed by atoms with Gasteiger partial charge in [0.05, 0.1) is 9.95 Å². The Morgan fingerprint density at radius 2 is 1.85 bits per heavy atom. The lowest BCUT2D eigenvalue weighted by Crippen LogP contribution is -2.03. The van der Waals surface area contributed by atoms with Crippen LogP contribution in [0.3, 0.4) is 0 Å². The van der Waals surface area contributed by atoms with E-state index in [2.05, 4.69) is 5.32 Å². The third kappa shape index (κ3) is 3.37. The second-order valence-corrected chi connectivity index (χ2v) is 4.86. The van der Waals surface area contributed by atoms with Gasteiger partial charge in [-0.1, -0.05) is 35.3 Å². The molecule has 0 bridgehead atoms. The van der Waals surface area contributed by atoms with Crippen molar-refractivity contribution in [3.05, 3.63) is 67.9 Å². The first kappa shape index (κ1) is 14.6. The van der Waals surface area contributed by atoms with E-state index in [1.807, 2.05) is 0 Å². The SMILES string of the molecule is O=[N+]([O-])c1cc(Cl)c(F)cc1NCc1ccc(Cl)cc1. The van der Waals surface area contributed by atoms with Gasteiger partial charge in [0.15, 0.2) is 0 Å². The van der Waals surface area contributed by atoms with E-state index in [0.717, 1.165) is 17.7 Å². The molecule has 0 amide bonds. The quantitative estimate of drug-likeness (QED) is 0.660. The number of nitro benzene ring substituents is 1. The van der Waals surface area contributed by atoms with Gasteiger partial charge >= 0.3 is 0 Å². The highest BCUT2D eigenvalue weighted by Crippen LogP contribution is 2.30. The van der Waals surface area contributed by atoms with Crippen molar-refractivity contribution in [3.63, 3.8) is 0 Å². The Bertz CT molecular complexity index is 648. The van der Waals surface area contributed by atoms with Gasteiger partial charge in [-0.25, -0.2) is 4.39 Å². The number of nitro groups is 1. The molecule has 0 heterocycles. The zero-order valence-electron chi connectivity index (χ0n) is 10.1. The average molecular weight is 315 g/mol. The van der Waals surface area contributed by atoms with Crippen molar-refractivity contribution in [1.29, 1.82) is 0 Å². The number of hydrogen-bond acceptors (Lipinski definition) is 3. The predicted octanol–water partition coefficient (Wildman–Crippen LogP) is 4.65. The van der Waals surface area contributed by atoms with E-state index in [-0.39, 0.29) is 16.4 Å². The van der Waals surface area contributed by atoms with Crippen LogP contribution in [0.4, 0.5) is 15.8 Å². The highest BCUT2D eigenvalue weighted by atomic mass is 35.5. The molecule has 0 aliphatic heterocycles. The molecule has 0 atom stereocenters. The Kier molecular flexibility index (Phi) is 4.42. The molecule has 0 aliphatic rings. The molecule has 0 fully saturated rings. The Hall–Kier alpha value is -1.85. The summed E-state index contributed by atoms with van der Waals surface area (Å²) in [6, 6.07) is 8.95. The maximum atomic E-state index is 13.4. The van der Waals surface area contributed by atoms with Gasteiger partial charge in [-0.3, -0.25) is 10.1 Å². The molecule has 4 nitrogen and oxygen atoms in total. The number of benzene rings is 2. The highest BCUT2D eigenvalue weighted by molar-refractivity contribution is 6.31. The lowest BCUT2D eigenvalue weighted by atomic mass is 10.2. The predicted molar refractivity (Wildman–Crippen MR) is 76.8 cm³/mol. The number of rotatable bonds is 4. The topological polar surface area (TPSA) is 55.2 Å². The monoisotopic (exact) mass is 314 g/mol. The third-order valence-electron chi connectivity index (χ3n) is 2.63. The molecule has 20 heavy (non-hydrogen) atoms. The first-order chi connectivity index (χ1) is 9.47. The van der Waals surface area contributed by atoms with Crippen LogP contribution in [0.15, 0.2) is 36.4 Å². The summed E-state index contributed by atoms with van der Waals surface area (Å²) in [6.07, 6.45) is 0. The van der Waals surface area contributed by atoms with Crippen molar-refractivity contribution in [3.8, 4) is 0 Å². The normalized spacial score (nSPS) is 10.3. The fourth-order valence-corrected chi connectivity index (χ4v) is 1.91. The summed E-state index contributed by atoms with van der Waals surface area (Å²) in [4.78, 5) is 10.3. The fraction of sp³-hybridized carbons (Fsp3) is 0.0769. The molecular formula is C13H9Cl2FN2O2. The molecule has 7 heteroatoms. The molecule has 0 aliphatic carbocycles. The maximum Gasteiger partial charge on any atom is 0.294 e. The van der Waals surface area contributed by atoms with Crippen molar-refractivity contribution >= 4 is 34.6 Å². The zero-order valence-corrected chi connectivity index (χ0v) is 11.6. The van der Waals surface area contributed by atoms with Crippen LogP contribution >= 0.6 is 23.2 Å². The number of anilines is 1. The van der Waals surface area contributed by atoms with Gasteiger partial charge in [-0.05, 0) is 17.7 Å². The van der Waals surface area contributed by atoms with E-state index in [4.69, 9.17) is 23.2 Å². The minimum Gasteiger partial charge on any atom is -0.375 e. The van der Waals surface area contributed by atoms with Gasteiger partial charge in [0.2, 0.25) is 0 Å². The lowest BCUT2D eigenvalue weighted by Gasteiger charge is -2.08. The van der Waals surface area contributed by atoms with E-state index in [1.54, 1.807) is 24.3 Å². The van der Waals surface area contributed by atoms with E-state index in [0.29, 0.717) is 11.6 Å². The summed E-state index contributed by atoms with van der Waals surface area (Å²) in [7, 11) is 0. The second kappa shape index (κ2) is 6.07. The van der Waals surface area contributed by atoms with Crippen LogP contribution < -0.4 is 5.32 Å². The summed E-state index contributed by atoms with van der Waals surface area (Å²) in [6.45, 7) is 0.305. The Morgan fingerprint density at radius 3 is 2.45 bits per heavy atom. The standard InChI is InChI=1S/C13H9Cl2FN2O2/c14-9-3-1-8(2-4-9)7-17-12-6-11(16)10(15)5-13(12)18(19)20/h1-6,17H,7H2. The number of nitrogens with zero attached hydrogens (tertiary/aromatic N) is 1. The molecule has 2 aromatic carbocycles. The minimum absolute atomic E-state index is 0.0758.